The molecule has 110 valence electrons. The second-order valence-electron chi connectivity index (χ2n) is 5.16. The second-order valence-corrected chi connectivity index (χ2v) is 5.16. The molecule has 0 fully saturated rings. The lowest BCUT2D eigenvalue weighted by molar-refractivity contribution is 0.104. The number of benzene rings is 1. The first-order valence-electron chi connectivity index (χ1n) is 7.58. The number of hydrogen-bond acceptors (Lipinski definition) is 3. The summed E-state index contributed by atoms with van der Waals surface area (Å²) in [5.74, 6) is 0.947. The third-order valence-corrected chi connectivity index (χ3v) is 3.56. The van der Waals surface area contributed by atoms with Gasteiger partial charge in [-0.3, -0.25) is 0 Å². The predicted molar refractivity (Wildman–Crippen MR) is 83.0 cm³/mol. The average molecular weight is 275 g/mol. The number of ether oxygens (including phenoxy) is 1. The number of para-hydroxylation sites is 1. The van der Waals surface area contributed by atoms with Crippen molar-refractivity contribution in [2.75, 3.05) is 20.3 Å². The van der Waals surface area contributed by atoms with Crippen LogP contribution in [0.1, 0.15) is 44.4 Å². The monoisotopic (exact) mass is 275 g/mol. The van der Waals surface area contributed by atoms with E-state index in [4.69, 9.17) is 9.15 Å². The van der Waals surface area contributed by atoms with Crippen molar-refractivity contribution in [3.8, 4) is 0 Å². The van der Waals surface area contributed by atoms with Crippen LogP contribution < -0.4 is 5.32 Å². The van der Waals surface area contributed by atoms with Crippen molar-refractivity contribution >= 4 is 11.0 Å². The molecule has 0 bridgehead atoms. The highest BCUT2D eigenvalue weighted by molar-refractivity contribution is 5.77. The summed E-state index contributed by atoms with van der Waals surface area (Å²) in [6.45, 7) is 3.71. The van der Waals surface area contributed by atoms with Gasteiger partial charge in [0, 0.05) is 12.0 Å². The smallest absolute Gasteiger partial charge is 0.134 e. The maximum atomic E-state index is 5.87. The zero-order valence-electron chi connectivity index (χ0n) is 12.5. The Morgan fingerprint density at radius 2 is 2.05 bits per heavy atom. The van der Waals surface area contributed by atoms with Crippen LogP contribution in [0.4, 0.5) is 0 Å². The molecule has 0 saturated carbocycles. The van der Waals surface area contributed by atoms with Crippen molar-refractivity contribution in [3.05, 3.63) is 36.1 Å². The van der Waals surface area contributed by atoms with Crippen molar-refractivity contribution in [3.63, 3.8) is 0 Å². The van der Waals surface area contributed by atoms with Crippen LogP contribution in [0.3, 0.4) is 0 Å². The molecule has 0 aliphatic heterocycles. The van der Waals surface area contributed by atoms with Gasteiger partial charge in [-0.1, -0.05) is 44.4 Å². The van der Waals surface area contributed by atoms with E-state index in [9.17, 15) is 0 Å². The average Bonchev–Trinajstić information content (AvgIpc) is 2.90. The van der Waals surface area contributed by atoms with Crippen molar-refractivity contribution in [1.82, 2.24) is 5.32 Å². The molecule has 3 nitrogen and oxygen atoms in total. The fraction of sp³-hybridized carbons (Fsp3) is 0.529. The molecule has 2 rings (SSSR count). The Labute approximate surface area is 121 Å². The summed E-state index contributed by atoms with van der Waals surface area (Å²) in [6, 6.07) is 10.3. The SMILES string of the molecule is CCCCCCOCC(NC)c1cc2ccccc2o1. The van der Waals surface area contributed by atoms with Gasteiger partial charge in [-0.05, 0) is 25.6 Å². The van der Waals surface area contributed by atoms with Crippen molar-refractivity contribution < 1.29 is 9.15 Å². The zero-order chi connectivity index (χ0) is 14.2. The quantitative estimate of drug-likeness (QED) is 0.693. The first-order valence-corrected chi connectivity index (χ1v) is 7.58. The van der Waals surface area contributed by atoms with Crippen LogP contribution >= 0.6 is 0 Å². The molecule has 0 spiro atoms. The van der Waals surface area contributed by atoms with Gasteiger partial charge in [0.05, 0.1) is 12.6 Å². The maximum absolute atomic E-state index is 5.87. The highest BCUT2D eigenvalue weighted by Gasteiger charge is 2.14. The molecule has 0 aliphatic rings. The molecule has 1 aromatic heterocycles. The van der Waals surface area contributed by atoms with Crippen LogP contribution in [-0.4, -0.2) is 20.3 Å². The molecule has 0 amide bonds. The summed E-state index contributed by atoms with van der Waals surface area (Å²) in [4.78, 5) is 0. The highest BCUT2D eigenvalue weighted by Crippen LogP contribution is 2.23. The third-order valence-electron chi connectivity index (χ3n) is 3.56. The number of likely N-dealkylation sites (N-methyl/N-ethyl adjacent to an activating group) is 1. The number of hydrogen-bond donors (Lipinski definition) is 1. The van der Waals surface area contributed by atoms with E-state index in [-0.39, 0.29) is 6.04 Å². The lowest BCUT2D eigenvalue weighted by Crippen LogP contribution is -2.21. The summed E-state index contributed by atoms with van der Waals surface area (Å²) in [6.07, 6.45) is 4.95. The molecule has 1 heterocycles. The molecule has 20 heavy (non-hydrogen) atoms. The van der Waals surface area contributed by atoms with Crippen LogP contribution in [-0.2, 0) is 4.74 Å². The van der Waals surface area contributed by atoms with Gasteiger partial charge in [0.2, 0.25) is 0 Å². The molecular weight excluding hydrogens is 250 g/mol. The molecule has 1 aromatic carbocycles. The zero-order valence-corrected chi connectivity index (χ0v) is 12.5. The summed E-state index contributed by atoms with van der Waals surface area (Å²) in [5, 5.41) is 4.41. The first kappa shape index (κ1) is 15.1. The molecule has 3 heteroatoms. The van der Waals surface area contributed by atoms with E-state index >= 15 is 0 Å². The molecule has 0 saturated heterocycles. The first-order chi connectivity index (χ1) is 9.85. The largest absolute Gasteiger partial charge is 0.459 e. The number of nitrogens with one attached hydrogen (secondary N) is 1. The van der Waals surface area contributed by atoms with E-state index in [1.54, 1.807) is 0 Å². The fourth-order valence-corrected chi connectivity index (χ4v) is 2.31. The van der Waals surface area contributed by atoms with Crippen LogP contribution in [0, 0.1) is 0 Å². The molecular formula is C17H25NO2. The lowest BCUT2D eigenvalue weighted by atomic mass is 10.2. The highest BCUT2D eigenvalue weighted by atomic mass is 16.5. The van der Waals surface area contributed by atoms with Crippen molar-refractivity contribution in [2.24, 2.45) is 0 Å². The lowest BCUT2D eigenvalue weighted by Gasteiger charge is -2.13. The molecule has 1 atom stereocenters. The van der Waals surface area contributed by atoms with Crippen LogP contribution in [0.15, 0.2) is 34.7 Å². The van der Waals surface area contributed by atoms with Gasteiger partial charge in [-0.2, -0.15) is 0 Å². The molecule has 1 N–H and O–H groups in total. The Hall–Kier alpha value is -1.32. The van der Waals surface area contributed by atoms with Gasteiger partial charge in [0.25, 0.3) is 0 Å². The Morgan fingerprint density at radius 1 is 1.20 bits per heavy atom. The fourth-order valence-electron chi connectivity index (χ4n) is 2.31. The summed E-state index contributed by atoms with van der Waals surface area (Å²) in [7, 11) is 1.94. The summed E-state index contributed by atoms with van der Waals surface area (Å²) >= 11 is 0. The summed E-state index contributed by atoms with van der Waals surface area (Å²) < 4.78 is 11.6. The van der Waals surface area contributed by atoms with E-state index in [1.807, 2.05) is 25.2 Å². The van der Waals surface area contributed by atoms with Crippen LogP contribution in [0.2, 0.25) is 0 Å². The van der Waals surface area contributed by atoms with Gasteiger partial charge in [0.15, 0.2) is 0 Å². The summed E-state index contributed by atoms with van der Waals surface area (Å²) in [5.41, 5.74) is 0.936. The Kier molecular flexibility index (Phi) is 6.09. The van der Waals surface area contributed by atoms with E-state index < -0.39 is 0 Å². The van der Waals surface area contributed by atoms with E-state index in [2.05, 4.69) is 24.4 Å². The van der Waals surface area contributed by atoms with Gasteiger partial charge < -0.3 is 14.5 Å². The minimum Gasteiger partial charge on any atom is -0.459 e. The van der Waals surface area contributed by atoms with Gasteiger partial charge in [-0.15, -0.1) is 0 Å². The van der Waals surface area contributed by atoms with E-state index in [0.717, 1.165) is 29.8 Å². The Bertz CT molecular complexity index is 473. The minimum absolute atomic E-state index is 0.119. The molecule has 2 aromatic rings. The van der Waals surface area contributed by atoms with Crippen molar-refractivity contribution in [2.45, 2.75) is 38.6 Å². The van der Waals surface area contributed by atoms with Gasteiger partial charge in [0.1, 0.15) is 11.3 Å². The van der Waals surface area contributed by atoms with Crippen LogP contribution in [0.5, 0.6) is 0 Å². The van der Waals surface area contributed by atoms with E-state index in [1.165, 1.54) is 19.3 Å². The topological polar surface area (TPSA) is 34.4 Å². The number of furan rings is 1. The molecule has 1 unspecified atom stereocenters. The normalized spacial score (nSPS) is 12.9. The molecule has 0 aliphatic carbocycles. The Morgan fingerprint density at radius 3 is 2.80 bits per heavy atom. The standard InChI is InChI=1S/C17H25NO2/c1-3-4-5-8-11-19-13-15(18-2)17-12-14-9-6-7-10-16(14)20-17/h6-7,9-10,12,15,18H,3-5,8,11,13H2,1-2H3. The van der Waals surface area contributed by atoms with Gasteiger partial charge >= 0.3 is 0 Å². The minimum atomic E-state index is 0.119. The maximum Gasteiger partial charge on any atom is 0.134 e. The number of rotatable bonds is 9. The molecule has 0 radical (unpaired) electrons. The number of fused-ring (bicyclic) bond motifs is 1. The predicted octanol–water partition coefficient (Wildman–Crippen LogP) is 4.29. The van der Waals surface area contributed by atoms with Crippen molar-refractivity contribution in [1.29, 1.82) is 0 Å². The van der Waals surface area contributed by atoms with Gasteiger partial charge in [-0.25, -0.2) is 0 Å². The van der Waals surface area contributed by atoms with E-state index in [0.29, 0.717) is 6.61 Å². The second kappa shape index (κ2) is 8.08. The van der Waals surface area contributed by atoms with Crippen LogP contribution in [0.25, 0.3) is 11.0 Å². The Balaban J connectivity index is 1.84. The number of unbranched alkanes of at least 4 members (excludes halogenated alkanes) is 3. The third kappa shape index (κ3) is 4.09.